The van der Waals surface area contributed by atoms with Crippen LogP contribution in [0.4, 0.5) is 19.0 Å². The van der Waals surface area contributed by atoms with Crippen molar-refractivity contribution >= 4 is 21.9 Å². The van der Waals surface area contributed by atoms with Crippen molar-refractivity contribution in [2.45, 2.75) is 37.8 Å². The quantitative estimate of drug-likeness (QED) is 0.825. The molecule has 0 amide bonds. The molecule has 4 unspecified atom stereocenters. The zero-order chi connectivity index (χ0) is 14.5. The summed E-state index contributed by atoms with van der Waals surface area (Å²) in [7, 11) is 0. The molecule has 1 fully saturated rings. The van der Waals surface area contributed by atoms with Crippen LogP contribution >= 0.6 is 11.1 Å². The molecule has 3 rings (SSSR count). The van der Waals surface area contributed by atoms with Crippen molar-refractivity contribution in [1.29, 1.82) is 0 Å². The summed E-state index contributed by atoms with van der Waals surface area (Å²) in [5.41, 5.74) is -1.02. The van der Waals surface area contributed by atoms with Crippen LogP contribution in [-0.2, 0) is 0 Å². The van der Waals surface area contributed by atoms with Crippen molar-refractivity contribution in [2.24, 2.45) is 16.8 Å². The van der Waals surface area contributed by atoms with Gasteiger partial charge in [0.15, 0.2) is 10.9 Å². The monoisotopic (exact) mass is 307 g/mol. The molecule has 1 aliphatic carbocycles. The van der Waals surface area contributed by atoms with E-state index in [2.05, 4.69) is 9.98 Å². The summed E-state index contributed by atoms with van der Waals surface area (Å²) in [5, 5.41) is 9.67. The highest BCUT2D eigenvalue weighted by Gasteiger charge is 2.48. The van der Waals surface area contributed by atoms with Gasteiger partial charge in [-0.05, 0) is 18.3 Å². The highest BCUT2D eigenvalue weighted by Crippen LogP contribution is 2.53. The molecular weight excluding hydrogens is 291 g/mol. The lowest BCUT2D eigenvalue weighted by atomic mass is 9.99. The molecule has 2 heterocycles. The second kappa shape index (κ2) is 4.77. The highest BCUT2D eigenvalue weighted by atomic mass is 32.2. The van der Waals surface area contributed by atoms with Crippen LogP contribution in [0, 0.1) is 11.8 Å². The van der Waals surface area contributed by atoms with Gasteiger partial charge in [-0.25, -0.2) is 9.98 Å². The van der Waals surface area contributed by atoms with Crippen molar-refractivity contribution in [1.82, 2.24) is 8.96 Å². The zero-order valence-corrected chi connectivity index (χ0v) is 11.8. The first-order valence-corrected chi connectivity index (χ1v) is 7.92. The van der Waals surface area contributed by atoms with Gasteiger partial charge in [0, 0.05) is 0 Å². The Morgan fingerprint density at radius 3 is 2.80 bits per heavy atom. The van der Waals surface area contributed by atoms with Crippen molar-refractivity contribution in [3.63, 3.8) is 0 Å². The topological polar surface area (TPSA) is 50.4 Å². The van der Waals surface area contributed by atoms with Crippen molar-refractivity contribution in [2.75, 3.05) is 0 Å². The molecule has 1 aromatic heterocycles. The van der Waals surface area contributed by atoms with Gasteiger partial charge in [0.05, 0.1) is 6.20 Å². The van der Waals surface area contributed by atoms with Gasteiger partial charge in [-0.3, -0.25) is 3.97 Å². The van der Waals surface area contributed by atoms with Gasteiger partial charge in [-0.2, -0.15) is 13.2 Å². The third-order valence-electron chi connectivity index (χ3n) is 4.09. The van der Waals surface area contributed by atoms with E-state index in [1.165, 1.54) is 16.5 Å². The maximum absolute atomic E-state index is 13.1. The molecule has 1 aromatic rings. The lowest BCUT2D eigenvalue weighted by Crippen LogP contribution is -2.32. The number of aliphatic hydroxyl groups is 1. The van der Waals surface area contributed by atoms with Gasteiger partial charge < -0.3 is 5.11 Å². The summed E-state index contributed by atoms with van der Waals surface area (Å²) < 4.78 is 40.8. The summed E-state index contributed by atoms with van der Waals surface area (Å²) in [4.78, 5) is 7.47. The second-order valence-corrected chi connectivity index (χ2v) is 7.43. The van der Waals surface area contributed by atoms with Crippen LogP contribution < -0.4 is 0 Å². The molecule has 0 saturated heterocycles. The Labute approximate surface area is 117 Å². The van der Waals surface area contributed by atoms with E-state index >= 15 is 0 Å². The lowest BCUT2D eigenvalue weighted by Gasteiger charge is -2.32. The summed E-state index contributed by atoms with van der Waals surface area (Å²) in [6.45, 7) is 1.99. The number of thiol groups is 1. The standard InChI is InChI=1S/C12H16F3N3OS/c1-7-3-2-4-8(7)10(19)20-11(12(13,14)15)17-9-5-16-6-18(9)20/h5-8,10,19-20H,2-4H2,1H3. The Morgan fingerprint density at radius 1 is 1.45 bits per heavy atom. The Morgan fingerprint density at radius 2 is 2.20 bits per heavy atom. The molecule has 0 aromatic carbocycles. The van der Waals surface area contributed by atoms with Gasteiger partial charge in [-0.1, -0.05) is 30.8 Å². The predicted molar refractivity (Wildman–Crippen MR) is 72.3 cm³/mol. The molecule has 0 bridgehead atoms. The lowest BCUT2D eigenvalue weighted by molar-refractivity contribution is -0.0556. The molecule has 8 heteroatoms. The smallest absolute Gasteiger partial charge is 0.382 e. The summed E-state index contributed by atoms with van der Waals surface area (Å²) in [6, 6.07) is 0. The number of fused-ring (bicyclic) bond motifs is 1. The van der Waals surface area contributed by atoms with Crippen LogP contribution in [0.1, 0.15) is 26.2 Å². The highest BCUT2D eigenvalue weighted by molar-refractivity contribution is 8.29. The molecule has 1 N–H and O–H groups in total. The number of rotatable bonds is 2. The van der Waals surface area contributed by atoms with E-state index in [1.807, 2.05) is 6.92 Å². The Balaban J connectivity index is 1.96. The van der Waals surface area contributed by atoms with E-state index < -0.39 is 27.7 Å². The predicted octanol–water partition coefficient (Wildman–Crippen LogP) is 3.01. The Hall–Kier alpha value is -1.02. The number of alkyl halides is 3. The van der Waals surface area contributed by atoms with E-state index in [-0.39, 0.29) is 17.7 Å². The summed E-state index contributed by atoms with van der Waals surface area (Å²) >= 11 is -1.94. The van der Waals surface area contributed by atoms with Crippen LogP contribution in [0.15, 0.2) is 17.5 Å². The largest absolute Gasteiger partial charge is 0.439 e. The number of hydrogen-bond acceptors (Lipinski definition) is 3. The van der Waals surface area contributed by atoms with Crippen molar-refractivity contribution in [3.8, 4) is 0 Å². The van der Waals surface area contributed by atoms with Gasteiger partial charge in [0.1, 0.15) is 11.8 Å². The fraction of sp³-hybridized carbons (Fsp3) is 0.667. The molecule has 1 saturated carbocycles. The van der Waals surface area contributed by atoms with Crippen LogP contribution in [0.2, 0.25) is 0 Å². The Kier molecular flexibility index (Phi) is 3.32. The van der Waals surface area contributed by atoms with Crippen LogP contribution in [0.5, 0.6) is 0 Å². The SMILES string of the molecule is CC1CCCC1C(O)[SH]1C(C(F)(F)F)=Nc2cncn21. The van der Waals surface area contributed by atoms with E-state index in [9.17, 15) is 18.3 Å². The number of nitrogens with zero attached hydrogens (tertiary/aromatic N) is 3. The number of aliphatic hydroxyl groups excluding tert-OH is 1. The van der Waals surface area contributed by atoms with Crippen molar-refractivity contribution in [3.05, 3.63) is 12.5 Å². The number of imidazole rings is 1. The average molecular weight is 307 g/mol. The Bertz CT molecular complexity index is 542. The molecule has 112 valence electrons. The summed E-state index contributed by atoms with van der Waals surface area (Å²) in [6.07, 6.45) is 0.830. The summed E-state index contributed by atoms with van der Waals surface area (Å²) in [5.74, 6) is 0.338. The fourth-order valence-electron chi connectivity index (χ4n) is 3.03. The van der Waals surface area contributed by atoms with Gasteiger partial charge in [-0.15, -0.1) is 0 Å². The number of aliphatic imine (C=N–C) groups is 1. The van der Waals surface area contributed by atoms with Gasteiger partial charge in [0.25, 0.3) is 0 Å². The molecule has 4 nitrogen and oxygen atoms in total. The van der Waals surface area contributed by atoms with Crippen LogP contribution in [0.25, 0.3) is 0 Å². The molecule has 2 aliphatic rings. The molecule has 4 atom stereocenters. The third-order valence-corrected chi connectivity index (χ3v) is 6.53. The second-order valence-electron chi connectivity index (χ2n) is 5.36. The maximum Gasteiger partial charge on any atom is 0.439 e. The molecule has 1 aliphatic heterocycles. The minimum Gasteiger partial charge on any atom is -0.382 e. The van der Waals surface area contributed by atoms with Crippen molar-refractivity contribution < 1.29 is 18.3 Å². The zero-order valence-electron chi connectivity index (χ0n) is 10.9. The van der Waals surface area contributed by atoms with Gasteiger partial charge in [0.2, 0.25) is 0 Å². The molecule has 0 spiro atoms. The number of hydrogen-bond donors (Lipinski definition) is 2. The van der Waals surface area contributed by atoms with Gasteiger partial charge >= 0.3 is 6.18 Å². The average Bonchev–Trinajstić information content (AvgIpc) is 2.99. The van der Waals surface area contributed by atoms with E-state index in [4.69, 9.17) is 0 Å². The van der Waals surface area contributed by atoms with E-state index in [0.29, 0.717) is 0 Å². The maximum atomic E-state index is 13.1. The third kappa shape index (κ3) is 2.14. The number of aromatic nitrogens is 2. The number of halogens is 3. The minimum atomic E-state index is -4.51. The molecular formula is C12H16F3N3OS. The first-order chi connectivity index (χ1) is 9.39. The van der Waals surface area contributed by atoms with E-state index in [0.717, 1.165) is 19.3 Å². The van der Waals surface area contributed by atoms with E-state index in [1.54, 1.807) is 0 Å². The fourth-order valence-corrected chi connectivity index (χ4v) is 5.50. The van der Waals surface area contributed by atoms with Crippen LogP contribution in [0.3, 0.4) is 0 Å². The first-order valence-electron chi connectivity index (χ1n) is 6.55. The minimum absolute atomic E-state index is 0.0954. The normalized spacial score (nSPS) is 33.0. The molecule has 0 radical (unpaired) electrons. The molecule has 20 heavy (non-hydrogen) atoms. The van der Waals surface area contributed by atoms with Crippen LogP contribution in [-0.4, -0.2) is 30.7 Å². The first kappa shape index (κ1) is 13.9.